The average Bonchev–Trinajstić information content (AvgIpc) is 2.48. The van der Waals surface area contributed by atoms with E-state index < -0.39 is 4.92 Å². The number of amides is 2. The first-order valence-electron chi connectivity index (χ1n) is 7.24. The van der Waals surface area contributed by atoms with E-state index in [2.05, 4.69) is 10.6 Å². The highest BCUT2D eigenvalue weighted by Crippen LogP contribution is 2.27. The summed E-state index contributed by atoms with van der Waals surface area (Å²) in [7, 11) is 0. The average molecular weight is 305 g/mol. The van der Waals surface area contributed by atoms with Gasteiger partial charge < -0.3 is 10.6 Å². The van der Waals surface area contributed by atoms with Crippen molar-refractivity contribution in [2.45, 2.75) is 38.6 Å². The van der Waals surface area contributed by atoms with Crippen LogP contribution in [-0.4, -0.2) is 29.3 Å². The highest BCUT2D eigenvalue weighted by Gasteiger charge is 2.23. The molecule has 118 valence electrons. The van der Waals surface area contributed by atoms with Gasteiger partial charge in [-0.2, -0.15) is 0 Å². The minimum Gasteiger partial charge on any atom is -0.354 e. The van der Waals surface area contributed by atoms with E-state index >= 15 is 0 Å². The summed E-state index contributed by atoms with van der Waals surface area (Å²) in [6.07, 6.45) is 0.946. The number of carbonyl (C=O) groups is 2. The van der Waals surface area contributed by atoms with E-state index in [4.69, 9.17) is 0 Å². The van der Waals surface area contributed by atoms with Gasteiger partial charge in [-0.3, -0.25) is 19.7 Å². The molecular weight excluding hydrogens is 286 g/mol. The van der Waals surface area contributed by atoms with Crippen molar-refractivity contribution in [3.05, 3.63) is 39.4 Å². The molecule has 0 radical (unpaired) electrons. The standard InChI is InChI=1S/C15H19N3O4/c1-9(2)12-5-3-10(7-13(12)18(21)22)15(20)17-11-4-6-14(19)16-8-11/h3,5,7,9,11H,4,6,8H2,1-2H3,(H,16,19)(H,17,20). The van der Waals surface area contributed by atoms with Gasteiger partial charge in [-0.15, -0.1) is 0 Å². The molecule has 1 saturated heterocycles. The van der Waals surface area contributed by atoms with Gasteiger partial charge in [0.05, 0.1) is 4.92 Å². The van der Waals surface area contributed by atoms with Crippen LogP contribution in [0, 0.1) is 10.1 Å². The van der Waals surface area contributed by atoms with Crippen LogP contribution >= 0.6 is 0 Å². The quantitative estimate of drug-likeness (QED) is 0.653. The van der Waals surface area contributed by atoms with Gasteiger partial charge in [0.1, 0.15) is 0 Å². The smallest absolute Gasteiger partial charge is 0.273 e. The molecule has 2 N–H and O–H groups in total. The van der Waals surface area contributed by atoms with E-state index in [1.165, 1.54) is 6.07 Å². The molecule has 0 aliphatic carbocycles. The van der Waals surface area contributed by atoms with Gasteiger partial charge in [-0.1, -0.05) is 19.9 Å². The van der Waals surface area contributed by atoms with Crippen LogP contribution in [0.3, 0.4) is 0 Å². The minimum absolute atomic E-state index is 0.00562. The molecule has 0 aromatic heterocycles. The zero-order valence-corrected chi connectivity index (χ0v) is 12.6. The lowest BCUT2D eigenvalue weighted by atomic mass is 9.99. The molecule has 7 heteroatoms. The number of nitro benzene ring substituents is 1. The van der Waals surface area contributed by atoms with E-state index in [1.54, 1.807) is 12.1 Å². The first kappa shape index (κ1) is 15.9. The maximum atomic E-state index is 12.2. The predicted molar refractivity (Wildman–Crippen MR) is 80.7 cm³/mol. The largest absolute Gasteiger partial charge is 0.354 e. The first-order valence-corrected chi connectivity index (χ1v) is 7.24. The van der Waals surface area contributed by atoms with Crippen molar-refractivity contribution in [2.24, 2.45) is 0 Å². The lowest BCUT2D eigenvalue weighted by Crippen LogP contribution is -2.47. The summed E-state index contributed by atoms with van der Waals surface area (Å²) in [5.41, 5.74) is 0.819. The number of carbonyl (C=O) groups excluding carboxylic acids is 2. The van der Waals surface area contributed by atoms with Crippen molar-refractivity contribution < 1.29 is 14.5 Å². The highest BCUT2D eigenvalue weighted by molar-refractivity contribution is 5.95. The van der Waals surface area contributed by atoms with Crippen molar-refractivity contribution in [3.8, 4) is 0 Å². The van der Waals surface area contributed by atoms with Crippen LogP contribution < -0.4 is 10.6 Å². The van der Waals surface area contributed by atoms with E-state index in [9.17, 15) is 19.7 Å². The van der Waals surface area contributed by atoms with Crippen molar-refractivity contribution in [3.63, 3.8) is 0 Å². The van der Waals surface area contributed by atoms with E-state index in [1.807, 2.05) is 13.8 Å². The Morgan fingerprint density at radius 3 is 2.73 bits per heavy atom. The summed E-state index contributed by atoms with van der Waals surface area (Å²) < 4.78 is 0. The second-order valence-corrected chi connectivity index (χ2v) is 5.70. The molecule has 2 rings (SSSR count). The van der Waals surface area contributed by atoms with Gasteiger partial charge in [-0.05, 0) is 18.4 Å². The van der Waals surface area contributed by atoms with Crippen molar-refractivity contribution in [1.82, 2.24) is 10.6 Å². The fourth-order valence-electron chi connectivity index (χ4n) is 2.46. The Bertz CT molecular complexity index is 603. The van der Waals surface area contributed by atoms with Gasteiger partial charge in [0.25, 0.3) is 11.6 Å². The topological polar surface area (TPSA) is 101 Å². The Kier molecular flexibility index (Phi) is 4.75. The van der Waals surface area contributed by atoms with Gasteiger partial charge in [0, 0.05) is 36.2 Å². The predicted octanol–water partition coefficient (Wildman–Crippen LogP) is 1.73. The van der Waals surface area contributed by atoms with E-state index in [-0.39, 0.29) is 35.0 Å². The Hall–Kier alpha value is -2.44. The van der Waals surface area contributed by atoms with Gasteiger partial charge >= 0.3 is 0 Å². The highest BCUT2D eigenvalue weighted by atomic mass is 16.6. The van der Waals surface area contributed by atoms with Gasteiger partial charge in [0.15, 0.2) is 0 Å². The van der Waals surface area contributed by atoms with E-state index in [0.717, 1.165) is 0 Å². The number of rotatable bonds is 4. The van der Waals surface area contributed by atoms with Crippen LogP contribution in [0.25, 0.3) is 0 Å². The number of hydrogen-bond donors (Lipinski definition) is 2. The maximum absolute atomic E-state index is 12.2. The minimum atomic E-state index is -0.465. The Morgan fingerprint density at radius 2 is 2.18 bits per heavy atom. The summed E-state index contributed by atoms with van der Waals surface area (Å²) in [5.74, 6) is -0.381. The number of nitro groups is 1. The molecule has 1 aliphatic rings. The lowest BCUT2D eigenvalue weighted by Gasteiger charge is -2.23. The van der Waals surface area contributed by atoms with Crippen LogP contribution in [0.2, 0.25) is 0 Å². The van der Waals surface area contributed by atoms with Crippen molar-refractivity contribution >= 4 is 17.5 Å². The van der Waals surface area contributed by atoms with Gasteiger partial charge in [0.2, 0.25) is 5.91 Å². The molecular formula is C15H19N3O4. The molecule has 1 aliphatic heterocycles. The van der Waals surface area contributed by atoms with E-state index in [0.29, 0.717) is 24.9 Å². The molecule has 1 aromatic rings. The number of benzene rings is 1. The SMILES string of the molecule is CC(C)c1ccc(C(=O)NC2CCC(=O)NC2)cc1[N+](=O)[O-]. The third-order valence-electron chi connectivity index (χ3n) is 3.71. The van der Waals surface area contributed by atoms with Crippen LogP contribution in [0.15, 0.2) is 18.2 Å². The summed E-state index contributed by atoms with van der Waals surface area (Å²) >= 11 is 0. The molecule has 0 saturated carbocycles. The normalized spacial score (nSPS) is 18.0. The molecule has 0 bridgehead atoms. The summed E-state index contributed by atoms with van der Waals surface area (Å²) in [6.45, 7) is 4.12. The fourth-order valence-corrected chi connectivity index (χ4v) is 2.46. The molecule has 1 heterocycles. The summed E-state index contributed by atoms with van der Waals surface area (Å²) in [5, 5.41) is 16.6. The molecule has 2 amide bonds. The molecule has 22 heavy (non-hydrogen) atoms. The Balaban J connectivity index is 2.14. The molecule has 1 atom stereocenters. The maximum Gasteiger partial charge on any atom is 0.273 e. The summed E-state index contributed by atoms with van der Waals surface area (Å²) in [6, 6.07) is 4.39. The molecule has 0 spiro atoms. The number of nitrogens with one attached hydrogen (secondary N) is 2. The van der Waals surface area contributed by atoms with Gasteiger partial charge in [-0.25, -0.2) is 0 Å². The Labute approximate surface area is 128 Å². The lowest BCUT2D eigenvalue weighted by molar-refractivity contribution is -0.385. The molecule has 1 fully saturated rings. The number of hydrogen-bond acceptors (Lipinski definition) is 4. The fraction of sp³-hybridized carbons (Fsp3) is 0.467. The number of piperidine rings is 1. The Morgan fingerprint density at radius 1 is 1.45 bits per heavy atom. The zero-order valence-electron chi connectivity index (χ0n) is 12.6. The third-order valence-corrected chi connectivity index (χ3v) is 3.71. The summed E-state index contributed by atoms with van der Waals surface area (Å²) in [4.78, 5) is 34.0. The second kappa shape index (κ2) is 6.55. The molecule has 7 nitrogen and oxygen atoms in total. The molecule has 1 unspecified atom stereocenters. The van der Waals surface area contributed by atoms with Crippen molar-refractivity contribution in [1.29, 1.82) is 0 Å². The monoisotopic (exact) mass is 305 g/mol. The second-order valence-electron chi connectivity index (χ2n) is 5.70. The van der Waals surface area contributed by atoms with Crippen LogP contribution in [0.4, 0.5) is 5.69 Å². The molecule has 1 aromatic carbocycles. The zero-order chi connectivity index (χ0) is 16.3. The first-order chi connectivity index (χ1) is 10.4. The third kappa shape index (κ3) is 3.60. The van der Waals surface area contributed by atoms with Crippen LogP contribution in [0.5, 0.6) is 0 Å². The van der Waals surface area contributed by atoms with Crippen LogP contribution in [-0.2, 0) is 4.79 Å². The van der Waals surface area contributed by atoms with Crippen LogP contribution in [0.1, 0.15) is 48.5 Å². The number of nitrogens with zero attached hydrogens (tertiary/aromatic N) is 1. The van der Waals surface area contributed by atoms with Crippen molar-refractivity contribution in [2.75, 3.05) is 6.54 Å².